The number of halogens is 1. The van der Waals surface area contributed by atoms with Crippen molar-refractivity contribution in [3.8, 4) is 0 Å². The molecule has 9 heteroatoms. The summed E-state index contributed by atoms with van der Waals surface area (Å²) in [4.78, 5) is 27.8. The number of unbranched alkanes of at least 4 members (excludes halogenated alkanes) is 1. The minimum Gasteiger partial charge on any atom is -0.354 e. The van der Waals surface area contributed by atoms with Gasteiger partial charge in [-0.1, -0.05) is 67.9 Å². The number of hydrogen-bond donors (Lipinski definition) is 1. The van der Waals surface area contributed by atoms with Gasteiger partial charge in [0.15, 0.2) is 0 Å². The fraction of sp³-hybridized carbons (Fsp3) is 0.286. The van der Waals surface area contributed by atoms with Crippen LogP contribution in [-0.4, -0.2) is 44.3 Å². The molecule has 0 saturated heterocycles. The number of rotatable bonds is 12. The quantitative estimate of drug-likeness (QED) is 0.356. The Kier molecular flexibility index (Phi) is 9.79. The molecule has 196 valence electrons. The van der Waals surface area contributed by atoms with E-state index in [1.54, 1.807) is 61.5 Å². The van der Waals surface area contributed by atoms with Gasteiger partial charge in [-0.05, 0) is 43.7 Å². The van der Waals surface area contributed by atoms with Crippen LogP contribution in [0.25, 0.3) is 0 Å². The molecule has 0 unspecified atom stereocenters. The van der Waals surface area contributed by atoms with Crippen molar-refractivity contribution in [1.29, 1.82) is 0 Å². The van der Waals surface area contributed by atoms with Crippen LogP contribution in [0.1, 0.15) is 32.3 Å². The van der Waals surface area contributed by atoms with Crippen molar-refractivity contribution in [2.75, 3.05) is 17.4 Å². The molecule has 3 aromatic rings. The topological polar surface area (TPSA) is 86.8 Å². The molecule has 0 saturated carbocycles. The Morgan fingerprint density at radius 2 is 1.51 bits per heavy atom. The summed E-state index contributed by atoms with van der Waals surface area (Å²) in [7, 11) is -4.12. The van der Waals surface area contributed by atoms with Crippen LogP contribution >= 0.6 is 0 Å². The Hall–Kier alpha value is -3.72. The summed E-state index contributed by atoms with van der Waals surface area (Å²) >= 11 is 0. The second-order valence-corrected chi connectivity index (χ2v) is 10.5. The van der Waals surface area contributed by atoms with Crippen LogP contribution < -0.4 is 9.62 Å². The predicted octanol–water partition coefficient (Wildman–Crippen LogP) is 4.35. The van der Waals surface area contributed by atoms with E-state index < -0.39 is 40.2 Å². The number of hydrogen-bond acceptors (Lipinski definition) is 4. The summed E-state index contributed by atoms with van der Waals surface area (Å²) in [6, 6.07) is 21.1. The average molecular weight is 526 g/mol. The van der Waals surface area contributed by atoms with Gasteiger partial charge in [0.05, 0.1) is 10.6 Å². The summed E-state index contributed by atoms with van der Waals surface area (Å²) in [5.74, 6) is -1.55. The fourth-order valence-electron chi connectivity index (χ4n) is 3.77. The minimum atomic E-state index is -4.12. The maximum absolute atomic E-state index is 14.5. The molecule has 2 amide bonds. The Morgan fingerprint density at radius 1 is 0.919 bits per heavy atom. The van der Waals surface area contributed by atoms with E-state index in [4.69, 9.17) is 0 Å². The number of para-hydroxylation sites is 1. The number of anilines is 1. The van der Waals surface area contributed by atoms with E-state index in [9.17, 15) is 22.4 Å². The number of nitrogens with one attached hydrogen (secondary N) is 1. The third kappa shape index (κ3) is 7.16. The molecule has 0 heterocycles. The van der Waals surface area contributed by atoms with Gasteiger partial charge in [0.1, 0.15) is 18.4 Å². The van der Waals surface area contributed by atoms with Gasteiger partial charge in [-0.15, -0.1) is 0 Å². The molecule has 1 atom stereocenters. The monoisotopic (exact) mass is 525 g/mol. The molecule has 7 nitrogen and oxygen atoms in total. The number of benzene rings is 3. The Morgan fingerprint density at radius 3 is 2.14 bits per heavy atom. The van der Waals surface area contributed by atoms with Crippen molar-refractivity contribution >= 4 is 27.5 Å². The van der Waals surface area contributed by atoms with Gasteiger partial charge in [0.25, 0.3) is 10.0 Å². The lowest BCUT2D eigenvalue weighted by molar-refractivity contribution is -0.139. The van der Waals surface area contributed by atoms with E-state index in [0.29, 0.717) is 12.2 Å². The third-order valence-corrected chi connectivity index (χ3v) is 7.74. The van der Waals surface area contributed by atoms with Crippen LogP contribution in [0, 0.1) is 5.82 Å². The molecule has 1 N–H and O–H groups in total. The Balaban J connectivity index is 1.97. The molecular formula is C28H32FN3O4S. The van der Waals surface area contributed by atoms with E-state index in [1.807, 2.05) is 6.92 Å². The SMILES string of the molecule is CCCCNC(=O)[C@H](C)N(Cc1ccccc1F)C(=O)CN(c1ccccc1)S(=O)(=O)c1ccccc1. The summed E-state index contributed by atoms with van der Waals surface area (Å²) < 4.78 is 42.7. The fourth-order valence-corrected chi connectivity index (χ4v) is 5.21. The molecule has 0 bridgehead atoms. The molecule has 0 aromatic heterocycles. The highest BCUT2D eigenvalue weighted by Gasteiger charge is 2.32. The van der Waals surface area contributed by atoms with E-state index in [-0.39, 0.29) is 17.0 Å². The van der Waals surface area contributed by atoms with Crippen LogP contribution in [0.15, 0.2) is 89.8 Å². The van der Waals surface area contributed by atoms with Crippen molar-refractivity contribution in [2.45, 2.75) is 44.2 Å². The van der Waals surface area contributed by atoms with Crippen LogP contribution in [-0.2, 0) is 26.2 Å². The molecule has 0 aliphatic rings. The van der Waals surface area contributed by atoms with Gasteiger partial charge in [-0.3, -0.25) is 13.9 Å². The highest BCUT2D eigenvalue weighted by atomic mass is 32.2. The largest absolute Gasteiger partial charge is 0.354 e. The Bertz CT molecular complexity index is 1290. The molecular weight excluding hydrogens is 493 g/mol. The lowest BCUT2D eigenvalue weighted by Gasteiger charge is -2.32. The van der Waals surface area contributed by atoms with Gasteiger partial charge in [0, 0.05) is 18.7 Å². The van der Waals surface area contributed by atoms with Crippen LogP contribution in [0.4, 0.5) is 10.1 Å². The molecule has 0 radical (unpaired) electrons. The van der Waals surface area contributed by atoms with Crippen molar-refractivity contribution in [3.63, 3.8) is 0 Å². The summed E-state index contributed by atoms with van der Waals surface area (Å²) in [5.41, 5.74) is 0.520. The van der Waals surface area contributed by atoms with Crippen LogP contribution in [0.5, 0.6) is 0 Å². The zero-order valence-electron chi connectivity index (χ0n) is 21.0. The maximum atomic E-state index is 14.5. The van der Waals surface area contributed by atoms with E-state index >= 15 is 0 Å². The molecule has 0 aliphatic carbocycles. The van der Waals surface area contributed by atoms with Gasteiger partial charge < -0.3 is 10.2 Å². The minimum absolute atomic E-state index is 0.0256. The Labute approximate surface area is 218 Å². The molecule has 0 spiro atoms. The number of sulfonamides is 1. The average Bonchev–Trinajstić information content (AvgIpc) is 2.91. The van der Waals surface area contributed by atoms with Crippen molar-refractivity contribution in [3.05, 3.63) is 96.3 Å². The maximum Gasteiger partial charge on any atom is 0.264 e. The van der Waals surface area contributed by atoms with E-state index in [0.717, 1.165) is 17.1 Å². The van der Waals surface area contributed by atoms with Crippen LogP contribution in [0.3, 0.4) is 0 Å². The van der Waals surface area contributed by atoms with E-state index in [1.165, 1.54) is 35.2 Å². The summed E-state index contributed by atoms with van der Waals surface area (Å²) in [6.07, 6.45) is 1.66. The van der Waals surface area contributed by atoms with Gasteiger partial charge >= 0.3 is 0 Å². The zero-order valence-corrected chi connectivity index (χ0v) is 21.8. The van der Waals surface area contributed by atoms with Crippen molar-refractivity contribution in [2.24, 2.45) is 0 Å². The first kappa shape index (κ1) is 27.9. The molecule has 0 fully saturated rings. The third-order valence-electron chi connectivity index (χ3n) is 5.95. The van der Waals surface area contributed by atoms with Gasteiger partial charge in [0.2, 0.25) is 11.8 Å². The number of carbonyl (C=O) groups excluding carboxylic acids is 2. The van der Waals surface area contributed by atoms with Crippen molar-refractivity contribution in [1.82, 2.24) is 10.2 Å². The zero-order chi connectivity index (χ0) is 26.8. The number of carbonyl (C=O) groups is 2. The standard InChI is InChI=1S/C28H32FN3O4S/c1-3-4-19-30-28(34)22(2)31(20-23-13-11-12-18-26(23)29)27(33)21-32(24-14-7-5-8-15-24)37(35,36)25-16-9-6-10-17-25/h5-18,22H,3-4,19-21H2,1-2H3,(H,30,34)/t22-/m0/s1. The highest BCUT2D eigenvalue weighted by molar-refractivity contribution is 7.92. The second-order valence-electron chi connectivity index (χ2n) is 8.59. The molecule has 0 aliphatic heterocycles. The first-order chi connectivity index (χ1) is 17.8. The predicted molar refractivity (Wildman–Crippen MR) is 142 cm³/mol. The summed E-state index contributed by atoms with van der Waals surface area (Å²) in [6.45, 7) is 3.23. The number of amides is 2. The first-order valence-electron chi connectivity index (χ1n) is 12.2. The van der Waals surface area contributed by atoms with Gasteiger partial charge in [-0.2, -0.15) is 0 Å². The lowest BCUT2D eigenvalue weighted by Crippen LogP contribution is -2.51. The smallest absolute Gasteiger partial charge is 0.264 e. The normalized spacial score (nSPS) is 12.0. The van der Waals surface area contributed by atoms with Gasteiger partial charge in [-0.25, -0.2) is 12.8 Å². The molecule has 3 rings (SSSR count). The highest BCUT2D eigenvalue weighted by Crippen LogP contribution is 2.24. The van der Waals surface area contributed by atoms with Crippen LogP contribution in [0.2, 0.25) is 0 Å². The van der Waals surface area contributed by atoms with E-state index in [2.05, 4.69) is 5.32 Å². The molecule has 3 aromatic carbocycles. The summed E-state index contributed by atoms with van der Waals surface area (Å²) in [5, 5.41) is 2.80. The lowest BCUT2D eigenvalue weighted by atomic mass is 10.1. The number of nitrogens with zero attached hydrogens (tertiary/aromatic N) is 2. The second kappa shape index (κ2) is 13.0. The van der Waals surface area contributed by atoms with Crippen molar-refractivity contribution < 1.29 is 22.4 Å². The first-order valence-corrected chi connectivity index (χ1v) is 13.6. The molecule has 37 heavy (non-hydrogen) atoms.